The minimum absolute atomic E-state index is 0.729. The first-order valence-electron chi connectivity index (χ1n) is 5.07. The Morgan fingerprint density at radius 3 is 1.06 bits per heavy atom. The van der Waals surface area contributed by atoms with E-state index in [1.54, 1.807) is 24.3 Å². The van der Waals surface area contributed by atoms with Gasteiger partial charge >= 0.3 is 0 Å². The summed E-state index contributed by atoms with van der Waals surface area (Å²) in [5.74, 6) is 0. The van der Waals surface area contributed by atoms with Crippen molar-refractivity contribution < 1.29 is 20.1 Å². The van der Waals surface area contributed by atoms with Crippen molar-refractivity contribution in [2.24, 2.45) is 0 Å². The molecule has 0 unspecified atom stereocenters. The van der Waals surface area contributed by atoms with Crippen LogP contribution < -0.4 is 0 Å². The van der Waals surface area contributed by atoms with Gasteiger partial charge in [-0.25, -0.2) is 0 Å². The predicted octanol–water partition coefficient (Wildman–Crippen LogP) is 3.02. The molecule has 2 aromatic carbocycles. The average Bonchev–Trinajstić information content (AvgIpc) is 2.51. The molecule has 0 aliphatic heterocycles. The van der Waals surface area contributed by atoms with Crippen LogP contribution in [0.1, 0.15) is 20.7 Å². The second kappa shape index (κ2) is 11.2. The summed E-state index contributed by atoms with van der Waals surface area (Å²) in [5, 5.41) is 12.0. The van der Waals surface area contributed by atoms with E-state index in [0.29, 0.717) is 0 Å². The highest BCUT2D eigenvalue weighted by atomic mass is 17.0. The summed E-state index contributed by atoms with van der Waals surface area (Å²) < 4.78 is 0. The molecule has 18 heavy (non-hydrogen) atoms. The summed E-state index contributed by atoms with van der Waals surface area (Å²) in [7, 11) is 0. The van der Waals surface area contributed by atoms with Gasteiger partial charge in [-0.1, -0.05) is 60.7 Å². The molecule has 2 aromatic rings. The Labute approximate surface area is 105 Å². The third kappa shape index (κ3) is 7.05. The van der Waals surface area contributed by atoms with Gasteiger partial charge in [0.2, 0.25) is 0 Å². The van der Waals surface area contributed by atoms with Crippen molar-refractivity contribution in [3.05, 3.63) is 71.8 Å². The Bertz CT molecular complexity index is 383. The van der Waals surface area contributed by atoms with Gasteiger partial charge in [0.05, 0.1) is 0 Å². The molecule has 0 saturated heterocycles. The maximum atomic E-state index is 10.0. The monoisotopic (exact) mass is 246 g/mol. The van der Waals surface area contributed by atoms with Crippen molar-refractivity contribution in [2.45, 2.75) is 0 Å². The first-order valence-corrected chi connectivity index (χ1v) is 5.07. The van der Waals surface area contributed by atoms with Gasteiger partial charge in [-0.2, -0.15) is 0 Å². The highest BCUT2D eigenvalue weighted by Crippen LogP contribution is 1.92. The summed E-state index contributed by atoms with van der Waals surface area (Å²) in [4.78, 5) is 20.0. The number of benzene rings is 2. The number of aldehydes is 2. The van der Waals surface area contributed by atoms with Crippen LogP contribution in [-0.4, -0.2) is 23.1 Å². The first kappa shape index (κ1) is 15.7. The largest absolute Gasteiger partial charge is 0.298 e. The molecule has 2 N–H and O–H groups in total. The molecule has 0 amide bonds. The van der Waals surface area contributed by atoms with E-state index in [1.165, 1.54) is 0 Å². The molecule has 94 valence electrons. The summed E-state index contributed by atoms with van der Waals surface area (Å²) in [6.45, 7) is 0. The van der Waals surface area contributed by atoms with Gasteiger partial charge in [0.25, 0.3) is 0 Å². The van der Waals surface area contributed by atoms with Crippen LogP contribution >= 0.6 is 0 Å². The van der Waals surface area contributed by atoms with E-state index >= 15 is 0 Å². The normalized spacial score (nSPS) is 7.89. The van der Waals surface area contributed by atoms with Gasteiger partial charge in [0.1, 0.15) is 12.6 Å². The Morgan fingerprint density at radius 2 is 0.889 bits per heavy atom. The molecule has 0 atom stereocenters. The second-order valence-electron chi connectivity index (χ2n) is 3.06. The SMILES string of the molecule is O=Cc1ccccc1.O=Cc1ccccc1.OO. The van der Waals surface area contributed by atoms with Crippen molar-refractivity contribution in [1.29, 1.82) is 0 Å². The molecule has 0 heterocycles. The number of carbonyl (C=O) groups excluding carboxylic acids is 2. The Hall–Kier alpha value is -2.30. The predicted molar refractivity (Wildman–Crippen MR) is 68.9 cm³/mol. The van der Waals surface area contributed by atoms with Gasteiger partial charge in [-0.15, -0.1) is 0 Å². The smallest absolute Gasteiger partial charge is 0.150 e. The minimum Gasteiger partial charge on any atom is -0.298 e. The zero-order valence-electron chi connectivity index (χ0n) is 9.64. The quantitative estimate of drug-likeness (QED) is 0.485. The van der Waals surface area contributed by atoms with Crippen molar-refractivity contribution in [3.63, 3.8) is 0 Å². The van der Waals surface area contributed by atoms with Crippen molar-refractivity contribution in [2.75, 3.05) is 0 Å². The summed E-state index contributed by atoms with van der Waals surface area (Å²) in [6.07, 6.45) is 1.67. The van der Waals surface area contributed by atoms with E-state index < -0.39 is 0 Å². The lowest BCUT2D eigenvalue weighted by Gasteiger charge is -1.81. The van der Waals surface area contributed by atoms with Gasteiger partial charge in [-0.3, -0.25) is 20.1 Å². The third-order valence-electron chi connectivity index (χ3n) is 1.87. The van der Waals surface area contributed by atoms with Crippen LogP contribution in [0.3, 0.4) is 0 Å². The van der Waals surface area contributed by atoms with Gasteiger partial charge in [0, 0.05) is 11.1 Å². The number of carbonyl (C=O) groups is 2. The van der Waals surface area contributed by atoms with Crippen LogP contribution in [0.5, 0.6) is 0 Å². The van der Waals surface area contributed by atoms with Crippen LogP contribution in [0.2, 0.25) is 0 Å². The standard InChI is InChI=1S/2C7H6O.H2O2/c2*8-6-7-4-2-1-3-5-7;1-2/h2*1-6H;1-2H. The van der Waals surface area contributed by atoms with Crippen LogP contribution in [0.15, 0.2) is 60.7 Å². The molecule has 0 aliphatic carbocycles. The van der Waals surface area contributed by atoms with E-state index in [1.807, 2.05) is 36.4 Å². The molecule has 4 nitrogen and oxygen atoms in total. The number of hydrogen-bond donors (Lipinski definition) is 2. The van der Waals surface area contributed by atoms with Gasteiger partial charge < -0.3 is 0 Å². The molecule has 0 aromatic heterocycles. The van der Waals surface area contributed by atoms with Crippen LogP contribution in [0.25, 0.3) is 0 Å². The van der Waals surface area contributed by atoms with Gasteiger partial charge in [-0.05, 0) is 0 Å². The maximum absolute atomic E-state index is 10.0. The lowest BCUT2D eigenvalue weighted by Crippen LogP contribution is -1.73. The maximum Gasteiger partial charge on any atom is 0.150 e. The molecule has 2 rings (SSSR count). The Balaban J connectivity index is 0.000000283. The fourth-order valence-corrected chi connectivity index (χ4v) is 1.06. The summed E-state index contributed by atoms with van der Waals surface area (Å²) in [5.41, 5.74) is 1.46. The van der Waals surface area contributed by atoms with Crippen LogP contribution in [0.4, 0.5) is 0 Å². The van der Waals surface area contributed by atoms with E-state index in [2.05, 4.69) is 0 Å². The minimum atomic E-state index is 0.729. The molecule has 0 radical (unpaired) electrons. The van der Waals surface area contributed by atoms with E-state index in [0.717, 1.165) is 23.7 Å². The third-order valence-corrected chi connectivity index (χ3v) is 1.87. The lowest BCUT2D eigenvalue weighted by atomic mass is 10.2. The zero-order chi connectivity index (χ0) is 13.6. The fraction of sp³-hybridized carbons (Fsp3) is 0. The number of hydrogen-bond acceptors (Lipinski definition) is 4. The molecular formula is C14H14O4. The second-order valence-corrected chi connectivity index (χ2v) is 3.06. The molecule has 0 bridgehead atoms. The lowest BCUT2D eigenvalue weighted by molar-refractivity contribution is -0.176. The molecular weight excluding hydrogens is 232 g/mol. The molecule has 0 aliphatic rings. The van der Waals surface area contributed by atoms with Crippen molar-refractivity contribution >= 4 is 12.6 Å². The van der Waals surface area contributed by atoms with Crippen molar-refractivity contribution in [1.82, 2.24) is 0 Å². The van der Waals surface area contributed by atoms with E-state index in [4.69, 9.17) is 10.5 Å². The summed E-state index contributed by atoms with van der Waals surface area (Å²) in [6, 6.07) is 18.2. The van der Waals surface area contributed by atoms with Crippen LogP contribution in [-0.2, 0) is 0 Å². The molecule has 0 spiro atoms. The van der Waals surface area contributed by atoms with Crippen LogP contribution in [0, 0.1) is 0 Å². The molecule has 4 heteroatoms. The molecule has 0 fully saturated rings. The topological polar surface area (TPSA) is 74.6 Å². The van der Waals surface area contributed by atoms with E-state index in [-0.39, 0.29) is 0 Å². The highest BCUT2D eigenvalue weighted by molar-refractivity contribution is 5.74. The molecule has 0 saturated carbocycles. The Kier molecular flexibility index (Phi) is 9.76. The Morgan fingerprint density at radius 1 is 0.611 bits per heavy atom. The first-order chi connectivity index (χ1) is 8.86. The van der Waals surface area contributed by atoms with Crippen molar-refractivity contribution in [3.8, 4) is 0 Å². The van der Waals surface area contributed by atoms with Gasteiger partial charge in [0.15, 0.2) is 0 Å². The van der Waals surface area contributed by atoms with E-state index in [9.17, 15) is 9.59 Å². The highest BCUT2D eigenvalue weighted by Gasteiger charge is 1.80. The fourth-order valence-electron chi connectivity index (χ4n) is 1.06. The number of rotatable bonds is 2. The summed E-state index contributed by atoms with van der Waals surface area (Å²) >= 11 is 0. The average molecular weight is 246 g/mol. The zero-order valence-corrected chi connectivity index (χ0v) is 9.64.